The van der Waals surface area contributed by atoms with Gasteiger partial charge < -0.3 is 10.2 Å². The van der Waals surface area contributed by atoms with E-state index in [1.165, 1.54) is 29.5 Å². The second-order valence-corrected chi connectivity index (χ2v) is 7.92. The second kappa shape index (κ2) is 6.11. The van der Waals surface area contributed by atoms with Gasteiger partial charge in [0.1, 0.15) is 0 Å². The Balaban J connectivity index is 1.35. The van der Waals surface area contributed by atoms with Crippen LogP contribution in [0.4, 0.5) is 5.13 Å². The summed E-state index contributed by atoms with van der Waals surface area (Å²) in [5.74, 6) is 0.371. The number of hydrogen-bond acceptors (Lipinski definition) is 4. The number of thiazole rings is 1. The highest BCUT2D eigenvalue weighted by atomic mass is 32.1. The number of amides is 1. The summed E-state index contributed by atoms with van der Waals surface area (Å²) in [5.41, 5.74) is 2.33. The predicted molar refractivity (Wildman–Crippen MR) is 95.1 cm³/mol. The van der Waals surface area contributed by atoms with Crippen molar-refractivity contribution in [3.8, 4) is 0 Å². The van der Waals surface area contributed by atoms with Crippen LogP contribution in [0.2, 0.25) is 0 Å². The quantitative estimate of drug-likeness (QED) is 0.937. The van der Waals surface area contributed by atoms with Gasteiger partial charge in [-0.25, -0.2) is 4.98 Å². The Kier molecular flexibility index (Phi) is 3.97. The van der Waals surface area contributed by atoms with E-state index >= 15 is 0 Å². The number of fused-ring (bicyclic) bond motifs is 1. The lowest BCUT2D eigenvalue weighted by Crippen LogP contribution is -2.55. The van der Waals surface area contributed by atoms with E-state index < -0.39 is 0 Å². The smallest absolute Gasteiger partial charge is 0.226 e. The van der Waals surface area contributed by atoms with E-state index in [0.29, 0.717) is 6.04 Å². The number of benzene rings is 1. The zero-order valence-corrected chi connectivity index (χ0v) is 14.4. The van der Waals surface area contributed by atoms with Gasteiger partial charge in [0.05, 0.1) is 16.1 Å². The normalized spacial score (nSPS) is 19.8. The van der Waals surface area contributed by atoms with Gasteiger partial charge in [-0.05, 0) is 37.5 Å². The summed E-state index contributed by atoms with van der Waals surface area (Å²) in [4.78, 5) is 19.3. The summed E-state index contributed by atoms with van der Waals surface area (Å²) in [5, 5.41) is 4.29. The van der Waals surface area contributed by atoms with Crippen LogP contribution in [0.1, 0.15) is 37.7 Å². The fraction of sp³-hybridized carbons (Fsp3) is 0.556. The van der Waals surface area contributed by atoms with Crippen LogP contribution in [0, 0.1) is 12.8 Å². The van der Waals surface area contributed by atoms with Crippen molar-refractivity contribution in [3.05, 3.63) is 23.8 Å². The van der Waals surface area contributed by atoms with Crippen LogP contribution < -0.4 is 10.2 Å². The van der Waals surface area contributed by atoms with Gasteiger partial charge >= 0.3 is 0 Å². The molecule has 122 valence electrons. The zero-order chi connectivity index (χ0) is 15.8. The Morgan fingerprint density at radius 1 is 1.26 bits per heavy atom. The largest absolute Gasteiger partial charge is 0.353 e. The summed E-state index contributed by atoms with van der Waals surface area (Å²) in [6.45, 7) is 3.71. The summed E-state index contributed by atoms with van der Waals surface area (Å²) in [7, 11) is 0. The number of aryl methyl sites for hydroxylation is 1. The molecule has 1 amide bonds. The molecule has 0 atom stereocenters. The Morgan fingerprint density at radius 2 is 2.04 bits per heavy atom. The standard InChI is InChI=1S/C18H23N3OS/c1-12-7-8-15-16(9-12)23-18(20-15)21-10-13(11-21)17(22)19-14-5-3-2-4-6-14/h7-9,13-14H,2-6,10-11H2,1H3,(H,19,22). The minimum Gasteiger partial charge on any atom is -0.353 e. The molecule has 1 aromatic heterocycles. The lowest BCUT2D eigenvalue weighted by Gasteiger charge is -2.39. The molecule has 5 heteroatoms. The van der Waals surface area contributed by atoms with Crippen LogP contribution in [0.15, 0.2) is 18.2 Å². The average molecular weight is 329 g/mol. The van der Waals surface area contributed by atoms with E-state index in [4.69, 9.17) is 4.98 Å². The van der Waals surface area contributed by atoms with Crippen molar-refractivity contribution in [2.45, 2.75) is 45.1 Å². The first-order chi connectivity index (χ1) is 11.2. The minimum atomic E-state index is 0.130. The van der Waals surface area contributed by atoms with Crippen LogP contribution >= 0.6 is 11.3 Å². The minimum absolute atomic E-state index is 0.130. The van der Waals surface area contributed by atoms with Crippen molar-refractivity contribution in [2.24, 2.45) is 5.92 Å². The maximum atomic E-state index is 12.3. The lowest BCUT2D eigenvalue weighted by atomic mass is 9.93. The number of nitrogens with zero attached hydrogens (tertiary/aromatic N) is 2. The Hall–Kier alpha value is -1.62. The van der Waals surface area contributed by atoms with Gasteiger partial charge in [-0.15, -0.1) is 0 Å². The maximum Gasteiger partial charge on any atom is 0.226 e. The molecule has 4 nitrogen and oxygen atoms in total. The zero-order valence-electron chi connectivity index (χ0n) is 13.5. The number of carbonyl (C=O) groups is 1. The van der Waals surface area contributed by atoms with Crippen LogP contribution in [-0.4, -0.2) is 30.0 Å². The van der Waals surface area contributed by atoms with Gasteiger partial charge in [0.2, 0.25) is 5.91 Å². The summed E-state index contributed by atoms with van der Waals surface area (Å²) in [6.07, 6.45) is 6.14. The lowest BCUT2D eigenvalue weighted by molar-refractivity contribution is -0.126. The van der Waals surface area contributed by atoms with Crippen molar-refractivity contribution in [3.63, 3.8) is 0 Å². The number of aromatic nitrogens is 1. The van der Waals surface area contributed by atoms with Gasteiger partial charge in [-0.2, -0.15) is 0 Å². The molecule has 23 heavy (non-hydrogen) atoms. The third-order valence-corrected chi connectivity index (χ3v) is 6.09. The molecule has 1 aliphatic heterocycles. The van der Waals surface area contributed by atoms with Crippen LogP contribution in [-0.2, 0) is 4.79 Å². The van der Waals surface area contributed by atoms with E-state index in [1.807, 2.05) is 0 Å². The molecule has 0 unspecified atom stereocenters. The Labute approximate surface area is 140 Å². The van der Waals surface area contributed by atoms with Crippen LogP contribution in [0.5, 0.6) is 0 Å². The number of rotatable bonds is 3. The number of carbonyl (C=O) groups excluding carboxylic acids is 1. The molecule has 1 saturated carbocycles. The molecule has 2 aliphatic rings. The molecule has 1 aromatic carbocycles. The molecular weight excluding hydrogens is 306 g/mol. The number of nitrogens with one attached hydrogen (secondary N) is 1. The molecule has 1 N–H and O–H groups in total. The topological polar surface area (TPSA) is 45.2 Å². The van der Waals surface area contributed by atoms with E-state index in [9.17, 15) is 4.79 Å². The van der Waals surface area contributed by atoms with E-state index in [0.717, 1.165) is 36.6 Å². The molecule has 0 bridgehead atoms. The first kappa shape index (κ1) is 14.9. The van der Waals surface area contributed by atoms with Gasteiger partial charge in [-0.3, -0.25) is 4.79 Å². The monoisotopic (exact) mass is 329 g/mol. The van der Waals surface area contributed by atoms with Crippen molar-refractivity contribution in [1.82, 2.24) is 10.3 Å². The highest BCUT2D eigenvalue weighted by Crippen LogP contribution is 2.33. The molecule has 2 heterocycles. The maximum absolute atomic E-state index is 12.3. The van der Waals surface area contributed by atoms with Gasteiger partial charge in [-0.1, -0.05) is 36.7 Å². The van der Waals surface area contributed by atoms with Crippen LogP contribution in [0.25, 0.3) is 10.2 Å². The highest BCUT2D eigenvalue weighted by Gasteiger charge is 2.35. The fourth-order valence-electron chi connectivity index (χ4n) is 3.52. The Morgan fingerprint density at radius 3 is 2.83 bits per heavy atom. The van der Waals surface area contributed by atoms with Crippen LogP contribution in [0.3, 0.4) is 0 Å². The van der Waals surface area contributed by atoms with Gasteiger partial charge in [0.15, 0.2) is 5.13 Å². The molecule has 1 aliphatic carbocycles. The molecule has 2 fully saturated rings. The SMILES string of the molecule is Cc1ccc2nc(N3CC(C(=O)NC4CCCCC4)C3)sc2c1. The molecular formula is C18H23N3OS. The summed E-state index contributed by atoms with van der Waals surface area (Å²) >= 11 is 1.73. The van der Waals surface area contributed by atoms with Gasteiger partial charge in [0.25, 0.3) is 0 Å². The van der Waals surface area contributed by atoms with Crippen molar-refractivity contribution < 1.29 is 4.79 Å². The van der Waals surface area contributed by atoms with Crippen molar-refractivity contribution >= 4 is 32.6 Å². The second-order valence-electron chi connectivity index (χ2n) is 6.91. The molecule has 1 saturated heterocycles. The summed E-state index contributed by atoms with van der Waals surface area (Å²) < 4.78 is 1.23. The van der Waals surface area contributed by atoms with Crippen molar-refractivity contribution in [2.75, 3.05) is 18.0 Å². The van der Waals surface area contributed by atoms with Gasteiger partial charge in [0, 0.05) is 19.1 Å². The van der Waals surface area contributed by atoms with E-state index in [1.54, 1.807) is 11.3 Å². The molecule has 2 aromatic rings. The van der Waals surface area contributed by atoms with E-state index in [2.05, 4.69) is 35.3 Å². The highest BCUT2D eigenvalue weighted by molar-refractivity contribution is 7.22. The fourth-order valence-corrected chi connectivity index (χ4v) is 4.60. The van der Waals surface area contributed by atoms with Crippen molar-refractivity contribution in [1.29, 1.82) is 0 Å². The third kappa shape index (κ3) is 3.07. The van der Waals surface area contributed by atoms with E-state index in [-0.39, 0.29) is 11.8 Å². The number of hydrogen-bond donors (Lipinski definition) is 1. The first-order valence-corrected chi connectivity index (χ1v) is 9.43. The molecule has 0 spiro atoms. The Bertz CT molecular complexity index is 714. The average Bonchev–Trinajstić information content (AvgIpc) is 2.89. The number of anilines is 1. The predicted octanol–water partition coefficient (Wildman–Crippen LogP) is 3.49. The first-order valence-electron chi connectivity index (χ1n) is 8.61. The summed E-state index contributed by atoms with van der Waals surface area (Å²) in [6, 6.07) is 6.78. The molecule has 0 radical (unpaired) electrons. The third-order valence-electron chi connectivity index (χ3n) is 5.01. The molecule has 4 rings (SSSR count).